The van der Waals surface area contributed by atoms with Gasteiger partial charge in [-0.3, -0.25) is 4.79 Å². The molecule has 0 spiro atoms. The molecule has 1 amide bonds. The molecule has 0 saturated heterocycles. The van der Waals surface area contributed by atoms with Gasteiger partial charge in [-0.25, -0.2) is 4.79 Å². The number of nitrogens with zero attached hydrogens (tertiary/aromatic N) is 1. The van der Waals surface area contributed by atoms with Crippen LogP contribution < -0.4 is 21.3 Å². The van der Waals surface area contributed by atoms with Crippen LogP contribution in [0.15, 0.2) is 65.5 Å². The zero-order chi connectivity index (χ0) is 23.2. The first-order chi connectivity index (χ1) is 16.0. The molecule has 0 radical (unpaired) electrons. The normalized spacial score (nSPS) is 19.1. The molecule has 1 unspecified atom stereocenters. The molecule has 0 aliphatic heterocycles. The Morgan fingerprint density at radius 3 is 2.55 bits per heavy atom. The molecule has 7 nitrogen and oxygen atoms in total. The van der Waals surface area contributed by atoms with Gasteiger partial charge < -0.3 is 25.1 Å². The summed E-state index contributed by atoms with van der Waals surface area (Å²) in [5.74, 6) is 0.998. The highest BCUT2D eigenvalue weighted by Gasteiger charge is 2.27. The van der Waals surface area contributed by atoms with E-state index in [0.717, 1.165) is 42.1 Å². The number of amides is 1. The SMILES string of the molecule is COc1ccc2ccc(=O)n(CC(N)C3CCC(NC(=O)OCc4ccccc4)CC3)c2c1. The highest BCUT2D eigenvalue weighted by atomic mass is 16.5. The summed E-state index contributed by atoms with van der Waals surface area (Å²) in [5, 5.41) is 3.95. The summed E-state index contributed by atoms with van der Waals surface area (Å²) in [5.41, 5.74) is 8.29. The molecule has 2 aromatic carbocycles. The second kappa shape index (κ2) is 10.5. The van der Waals surface area contributed by atoms with E-state index in [1.165, 1.54) is 0 Å². The minimum Gasteiger partial charge on any atom is -0.497 e. The van der Waals surface area contributed by atoms with Crippen molar-refractivity contribution < 1.29 is 14.3 Å². The van der Waals surface area contributed by atoms with Crippen LogP contribution in [0.25, 0.3) is 10.9 Å². The fraction of sp³-hybridized carbons (Fsp3) is 0.385. The third-order valence-electron chi connectivity index (χ3n) is 6.51. The van der Waals surface area contributed by atoms with Gasteiger partial charge in [0.15, 0.2) is 0 Å². The van der Waals surface area contributed by atoms with Gasteiger partial charge in [0.05, 0.1) is 12.6 Å². The maximum absolute atomic E-state index is 12.6. The average Bonchev–Trinajstić information content (AvgIpc) is 2.85. The molecule has 3 N–H and O–H groups in total. The largest absolute Gasteiger partial charge is 0.497 e. The van der Waals surface area contributed by atoms with Crippen LogP contribution >= 0.6 is 0 Å². The third-order valence-corrected chi connectivity index (χ3v) is 6.51. The Hall–Kier alpha value is -3.32. The van der Waals surface area contributed by atoms with Crippen molar-refractivity contribution in [2.75, 3.05) is 7.11 Å². The van der Waals surface area contributed by atoms with Crippen LogP contribution in [-0.2, 0) is 17.9 Å². The Morgan fingerprint density at radius 2 is 1.82 bits per heavy atom. The predicted molar refractivity (Wildman–Crippen MR) is 128 cm³/mol. The van der Waals surface area contributed by atoms with Crippen LogP contribution in [0.3, 0.4) is 0 Å². The third kappa shape index (κ3) is 5.73. The molecule has 4 rings (SSSR count). The van der Waals surface area contributed by atoms with E-state index in [9.17, 15) is 9.59 Å². The van der Waals surface area contributed by atoms with E-state index in [0.29, 0.717) is 12.3 Å². The number of aromatic nitrogens is 1. The van der Waals surface area contributed by atoms with E-state index in [2.05, 4.69) is 5.32 Å². The molecule has 7 heteroatoms. The zero-order valence-corrected chi connectivity index (χ0v) is 18.9. The lowest BCUT2D eigenvalue weighted by atomic mass is 9.81. The van der Waals surface area contributed by atoms with Gasteiger partial charge in [-0.1, -0.05) is 30.3 Å². The van der Waals surface area contributed by atoms with Crippen LogP contribution in [0.4, 0.5) is 4.79 Å². The first kappa shape index (κ1) is 22.9. The number of carbonyl (C=O) groups is 1. The minimum absolute atomic E-state index is 0.0669. The lowest BCUT2D eigenvalue weighted by molar-refractivity contribution is 0.130. The summed E-state index contributed by atoms with van der Waals surface area (Å²) in [7, 11) is 1.61. The van der Waals surface area contributed by atoms with Gasteiger partial charge >= 0.3 is 6.09 Å². The number of nitrogens with two attached hydrogens (primary N) is 1. The number of hydrogen-bond acceptors (Lipinski definition) is 5. The summed E-state index contributed by atoms with van der Waals surface area (Å²) in [6, 6.07) is 18.7. The summed E-state index contributed by atoms with van der Waals surface area (Å²) in [6.07, 6.45) is 3.10. The van der Waals surface area contributed by atoms with Gasteiger partial charge in [0.1, 0.15) is 12.4 Å². The van der Waals surface area contributed by atoms with Crippen molar-refractivity contribution in [3.63, 3.8) is 0 Å². The molecular formula is C26H31N3O4. The van der Waals surface area contributed by atoms with Crippen molar-refractivity contribution in [3.8, 4) is 5.75 Å². The van der Waals surface area contributed by atoms with Crippen molar-refractivity contribution in [3.05, 3.63) is 76.6 Å². The van der Waals surface area contributed by atoms with Gasteiger partial charge in [-0.2, -0.15) is 0 Å². The van der Waals surface area contributed by atoms with Crippen molar-refractivity contribution in [1.29, 1.82) is 0 Å². The van der Waals surface area contributed by atoms with Crippen LogP contribution in [0.5, 0.6) is 5.75 Å². The van der Waals surface area contributed by atoms with Crippen LogP contribution in [0.2, 0.25) is 0 Å². The Balaban J connectivity index is 1.31. The number of benzene rings is 2. The number of methoxy groups -OCH3 is 1. The maximum Gasteiger partial charge on any atom is 0.407 e. The van der Waals surface area contributed by atoms with Gasteiger partial charge in [0.25, 0.3) is 5.56 Å². The number of fused-ring (bicyclic) bond motifs is 1. The van der Waals surface area contributed by atoms with Crippen LogP contribution in [0.1, 0.15) is 31.2 Å². The molecule has 1 aliphatic rings. The molecule has 1 saturated carbocycles. The van der Waals surface area contributed by atoms with E-state index in [1.54, 1.807) is 17.7 Å². The molecule has 1 fully saturated rings. The zero-order valence-electron chi connectivity index (χ0n) is 18.9. The van der Waals surface area contributed by atoms with Crippen molar-refractivity contribution >= 4 is 17.0 Å². The number of alkyl carbamates (subject to hydrolysis) is 1. The number of carbonyl (C=O) groups excluding carboxylic acids is 1. The predicted octanol–water partition coefficient (Wildman–Crippen LogP) is 3.82. The second-order valence-corrected chi connectivity index (χ2v) is 8.69. The van der Waals surface area contributed by atoms with Gasteiger partial charge in [0.2, 0.25) is 0 Å². The standard InChI is InChI=1S/C26H31N3O4/c1-32-22-13-9-20-10-14-25(30)29(24(20)15-22)16-23(27)19-7-11-21(12-8-19)28-26(31)33-17-18-5-3-2-4-6-18/h2-6,9-10,13-15,19,21,23H,7-8,11-12,16-17,27H2,1H3,(H,28,31). The van der Waals surface area contributed by atoms with Crippen molar-refractivity contribution in [2.45, 2.75) is 50.9 Å². The smallest absolute Gasteiger partial charge is 0.407 e. The number of nitrogens with one attached hydrogen (secondary N) is 1. The summed E-state index contributed by atoms with van der Waals surface area (Å²) in [6.45, 7) is 0.711. The number of rotatable bonds is 7. The fourth-order valence-corrected chi connectivity index (χ4v) is 4.57. The molecule has 1 heterocycles. The van der Waals surface area contributed by atoms with E-state index in [4.69, 9.17) is 15.2 Å². The molecule has 1 aromatic heterocycles. The molecular weight excluding hydrogens is 418 g/mol. The van der Waals surface area contributed by atoms with Crippen molar-refractivity contribution in [1.82, 2.24) is 9.88 Å². The first-order valence-corrected chi connectivity index (χ1v) is 11.4. The lowest BCUT2D eigenvalue weighted by Crippen LogP contribution is -2.43. The second-order valence-electron chi connectivity index (χ2n) is 8.69. The maximum atomic E-state index is 12.6. The number of pyridine rings is 1. The van der Waals surface area contributed by atoms with Gasteiger partial charge in [0, 0.05) is 30.8 Å². The Labute approximate surface area is 193 Å². The van der Waals surface area contributed by atoms with Crippen LogP contribution in [0, 0.1) is 5.92 Å². The quantitative estimate of drug-likeness (QED) is 0.572. The lowest BCUT2D eigenvalue weighted by Gasteiger charge is -2.32. The van der Waals surface area contributed by atoms with Gasteiger partial charge in [-0.15, -0.1) is 0 Å². The fourth-order valence-electron chi connectivity index (χ4n) is 4.57. The molecule has 1 atom stereocenters. The molecule has 1 aliphatic carbocycles. The highest BCUT2D eigenvalue weighted by Crippen LogP contribution is 2.28. The van der Waals surface area contributed by atoms with Crippen LogP contribution in [-0.4, -0.2) is 29.9 Å². The average molecular weight is 450 g/mol. The topological polar surface area (TPSA) is 95.6 Å². The summed E-state index contributed by atoms with van der Waals surface area (Å²) in [4.78, 5) is 24.7. The number of hydrogen-bond donors (Lipinski definition) is 2. The minimum atomic E-state index is -0.386. The van der Waals surface area contributed by atoms with Crippen molar-refractivity contribution in [2.24, 2.45) is 11.7 Å². The van der Waals surface area contributed by atoms with E-state index in [1.807, 2.05) is 54.6 Å². The Bertz CT molecular complexity index is 1140. The highest BCUT2D eigenvalue weighted by molar-refractivity contribution is 5.80. The van der Waals surface area contributed by atoms with E-state index < -0.39 is 0 Å². The molecule has 33 heavy (non-hydrogen) atoms. The van der Waals surface area contributed by atoms with E-state index in [-0.39, 0.29) is 36.3 Å². The first-order valence-electron chi connectivity index (χ1n) is 11.4. The Kier molecular flexibility index (Phi) is 7.29. The Morgan fingerprint density at radius 1 is 1.09 bits per heavy atom. The summed E-state index contributed by atoms with van der Waals surface area (Å²) >= 11 is 0. The monoisotopic (exact) mass is 449 g/mol. The molecule has 174 valence electrons. The van der Waals surface area contributed by atoms with E-state index >= 15 is 0 Å². The number of ether oxygens (including phenoxy) is 2. The molecule has 3 aromatic rings. The molecule has 0 bridgehead atoms. The summed E-state index contributed by atoms with van der Waals surface area (Å²) < 4.78 is 12.4. The van der Waals surface area contributed by atoms with Gasteiger partial charge in [-0.05, 0) is 60.7 Å².